The average Bonchev–Trinajstić information content (AvgIpc) is 2.52. The van der Waals surface area contributed by atoms with Gasteiger partial charge in [0, 0.05) is 19.0 Å². The van der Waals surface area contributed by atoms with Crippen molar-refractivity contribution in [2.45, 2.75) is 27.2 Å². The third-order valence-electron chi connectivity index (χ3n) is 3.12. The number of halogens is 1. The normalized spacial score (nSPS) is 25.0. The molecule has 1 atom stereocenters. The van der Waals surface area contributed by atoms with Crippen LogP contribution in [0, 0.1) is 11.3 Å². The van der Waals surface area contributed by atoms with E-state index in [1.54, 1.807) is 0 Å². The van der Waals surface area contributed by atoms with Crippen molar-refractivity contribution in [3.05, 3.63) is 12.2 Å². The van der Waals surface area contributed by atoms with E-state index in [1.165, 1.54) is 19.5 Å². The van der Waals surface area contributed by atoms with Gasteiger partial charge in [-0.05, 0) is 24.3 Å². The summed E-state index contributed by atoms with van der Waals surface area (Å²) in [6.07, 6.45) is 5.56. The van der Waals surface area contributed by atoms with E-state index in [2.05, 4.69) is 31.7 Å². The lowest BCUT2D eigenvalue weighted by Gasteiger charge is -2.26. The minimum absolute atomic E-state index is 0.463. The summed E-state index contributed by atoms with van der Waals surface area (Å²) in [5.41, 5.74) is 0.463. The fraction of sp³-hybridized carbons (Fsp3) is 0.833. The Bertz CT molecular complexity index is 193. The molecule has 0 radical (unpaired) electrons. The van der Waals surface area contributed by atoms with E-state index in [0.29, 0.717) is 11.3 Å². The lowest BCUT2D eigenvalue weighted by molar-refractivity contribution is 0.236. The topological polar surface area (TPSA) is 3.24 Å². The number of likely N-dealkylation sites (tertiary alicyclic amines) is 1. The zero-order valence-electron chi connectivity index (χ0n) is 9.59. The molecule has 1 fully saturated rings. The fourth-order valence-electron chi connectivity index (χ4n) is 1.99. The van der Waals surface area contributed by atoms with Crippen LogP contribution in [0.3, 0.4) is 0 Å². The number of hydrogen-bond acceptors (Lipinski definition) is 1. The predicted octanol–water partition coefficient (Wildman–Crippen LogP) is 3.15. The molecule has 0 amide bonds. The lowest BCUT2D eigenvalue weighted by Crippen LogP contribution is -2.26. The molecule has 0 aliphatic carbocycles. The maximum Gasteiger partial charge on any atom is 0.0404 e. The maximum atomic E-state index is 5.58. The van der Waals surface area contributed by atoms with Crippen LogP contribution in [-0.2, 0) is 0 Å². The van der Waals surface area contributed by atoms with Crippen molar-refractivity contribution in [3.8, 4) is 0 Å². The van der Waals surface area contributed by atoms with E-state index in [4.69, 9.17) is 11.6 Å². The molecule has 2 heteroatoms. The Balaban J connectivity index is 2.31. The molecule has 0 N–H and O–H groups in total. The van der Waals surface area contributed by atoms with Gasteiger partial charge >= 0.3 is 0 Å². The minimum Gasteiger partial charge on any atom is -0.299 e. The van der Waals surface area contributed by atoms with Crippen LogP contribution >= 0.6 is 11.6 Å². The summed E-state index contributed by atoms with van der Waals surface area (Å²) < 4.78 is 0. The quantitative estimate of drug-likeness (QED) is 0.517. The van der Waals surface area contributed by atoms with Gasteiger partial charge in [0.1, 0.15) is 0 Å². The molecule has 0 aromatic carbocycles. The smallest absolute Gasteiger partial charge is 0.0404 e. The van der Waals surface area contributed by atoms with Crippen LogP contribution in [0.25, 0.3) is 0 Å². The monoisotopic (exact) mass is 215 g/mol. The Labute approximate surface area is 93.1 Å². The molecule has 82 valence electrons. The maximum absolute atomic E-state index is 5.58. The molecule has 1 nitrogen and oxygen atoms in total. The Morgan fingerprint density at radius 2 is 2.07 bits per heavy atom. The first-order valence-corrected chi connectivity index (χ1v) is 6.01. The second-order valence-electron chi connectivity index (χ2n) is 5.24. The van der Waals surface area contributed by atoms with Gasteiger partial charge in [0.25, 0.3) is 0 Å². The van der Waals surface area contributed by atoms with Gasteiger partial charge in [-0.15, -0.1) is 11.6 Å². The highest BCUT2D eigenvalue weighted by atomic mass is 35.5. The van der Waals surface area contributed by atoms with Crippen LogP contribution < -0.4 is 0 Å². The molecule has 1 saturated heterocycles. The summed E-state index contributed by atoms with van der Waals surface area (Å²) in [4.78, 5) is 2.51. The van der Waals surface area contributed by atoms with E-state index < -0.39 is 0 Å². The third-order valence-corrected chi connectivity index (χ3v) is 3.29. The number of rotatable bonds is 3. The minimum atomic E-state index is 0.463. The molecule has 1 aliphatic heterocycles. The number of alkyl halides is 1. The average molecular weight is 216 g/mol. The summed E-state index contributed by atoms with van der Waals surface area (Å²) in [6, 6.07) is 0. The van der Waals surface area contributed by atoms with E-state index >= 15 is 0 Å². The molecule has 1 heterocycles. The second kappa shape index (κ2) is 5.18. The van der Waals surface area contributed by atoms with Gasteiger partial charge in [-0.2, -0.15) is 0 Å². The highest BCUT2D eigenvalue weighted by Gasteiger charge is 2.30. The molecule has 0 spiro atoms. The van der Waals surface area contributed by atoms with E-state index in [9.17, 15) is 0 Å². The van der Waals surface area contributed by atoms with Crippen LogP contribution in [0.2, 0.25) is 0 Å². The molecule has 1 rings (SSSR count). The highest BCUT2D eigenvalue weighted by Crippen LogP contribution is 2.33. The number of nitrogens with zero attached hydrogens (tertiary/aromatic N) is 1. The first-order valence-electron chi connectivity index (χ1n) is 5.47. The fourth-order valence-corrected chi connectivity index (χ4v) is 2.12. The third kappa shape index (κ3) is 3.62. The van der Waals surface area contributed by atoms with Crippen molar-refractivity contribution < 1.29 is 0 Å². The van der Waals surface area contributed by atoms with Gasteiger partial charge in [-0.3, -0.25) is 4.90 Å². The first-order chi connectivity index (χ1) is 6.54. The van der Waals surface area contributed by atoms with Crippen LogP contribution in [-0.4, -0.2) is 30.4 Å². The van der Waals surface area contributed by atoms with Crippen molar-refractivity contribution in [2.24, 2.45) is 11.3 Å². The lowest BCUT2D eigenvalue weighted by atomic mass is 9.80. The zero-order valence-corrected chi connectivity index (χ0v) is 10.3. The summed E-state index contributed by atoms with van der Waals surface area (Å²) in [5.74, 6) is 1.49. The Kier molecular flexibility index (Phi) is 4.46. The van der Waals surface area contributed by atoms with Crippen LogP contribution in [0.15, 0.2) is 12.2 Å². The van der Waals surface area contributed by atoms with E-state index in [1.807, 2.05) is 6.08 Å². The Hall–Kier alpha value is -0.0100. The van der Waals surface area contributed by atoms with Gasteiger partial charge in [-0.25, -0.2) is 0 Å². The van der Waals surface area contributed by atoms with Crippen molar-refractivity contribution in [1.29, 1.82) is 0 Å². The first kappa shape index (κ1) is 12.1. The Morgan fingerprint density at radius 1 is 1.36 bits per heavy atom. The van der Waals surface area contributed by atoms with Gasteiger partial charge in [-0.1, -0.05) is 32.9 Å². The molecule has 1 unspecified atom stereocenters. The summed E-state index contributed by atoms with van der Waals surface area (Å²) in [7, 11) is 0. The molecule has 1 aliphatic rings. The van der Waals surface area contributed by atoms with E-state index in [-0.39, 0.29) is 0 Å². The van der Waals surface area contributed by atoms with Crippen molar-refractivity contribution in [1.82, 2.24) is 4.90 Å². The molecule has 0 aromatic rings. The van der Waals surface area contributed by atoms with Crippen molar-refractivity contribution in [3.63, 3.8) is 0 Å². The highest BCUT2D eigenvalue weighted by molar-refractivity contribution is 6.18. The molecular weight excluding hydrogens is 194 g/mol. The summed E-state index contributed by atoms with van der Waals surface area (Å²) in [5, 5.41) is 0. The predicted molar refractivity (Wildman–Crippen MR) is 63.9 cm³/mol. The zero-order chi connectivity index (χ0) is 10.6. The van der Waals surface area contributed by atoms with Crippen molar-refractivity contribution >= 4 is 11.6 Å². The molecule has 0 saturated carbocycles. The summed E-state index contributed by atoms with van der Waals surface area (Å²) >= 11 is 5.58. The SMILES string of the molecule is CC(C)(C)C1CCN(C/C=C/CCl)C1. The molecular formula is C12H22ClN. The number of allylic oxidation sites excluding steroid dienone is 1. The number of hydrogen-bond donors (Lipinski definition) is 0. The second-order valence-corrected chi connectivity index (χ2v) is 5.55. The largest absolute Gasteiger partial charge is 0.299 e. The van der Waals surface area contributed by atoms with Gasteiger partial charge in [0.05, 0.1) is 0 Å². The molecule has 14 heavy (non-hydrogen) atoms. The van der Waals surface area contributed by atoms with Crippen LogP contribution in [0.1, 0.15) is 27.2 Å². The molecule has 0 aromatic heterocycles. The van der Waals surface area contributed by atoms with Gasteiger partial charge in [0.2, 0.25) is 0 Å². The molecule has 0 bridgehead atoms. The standard InChI is InChI=1S/C12H22ClN/c1-12(2,3)11-6-9-14(10-11)8-5-4-7-13/h4-5,11H,6-10H2,1-3H3/b5-4+. The van der Waals surface area contributed by atoms with Gasteiger partial charge < -0.3 is 0 Å². The van der Waals surface area contributed by atoms with Crippen molar-refractivity contribution in [2.75, 3.05) is 25.5 Å². The summed E-state index contributed by atoms with van der Waals surface area (Å²) in [6.45, 7) is 10.6. The van der Waals surface area contributed by atoms with E-state index in [0.717, 1.165) is 12.5 Å². The van der Waals surface area contributed by atoms with Crippen LogP contribution in [0.5, 0.6) is 0 Å². The Morgan fingerprint density at radius 3 is 2.57 bits per heavy atom. The van der Waals surface area contributed by atoms with Crippen LogP contribution in [0.4, 0.5) is 0 Å². The van der Waals surface area contributed by atoms with Gasteiger partial charge in [0.15, 0.2) is 0 Å².